The normalized spacial score (nSPS) is 12.1. The number of ether oxygens (including phenoxy) is 1. The van der Waals surface area contributed by atoms with Gasteiger partial charge in [-0.2, -0.15) is 0 Å². The first-order chi connectivity index (χ1) is 11.7. The molecule has 1 heterocycles. The number of fused-ring (bicyclic) bond motifs is 5. The molecule has 118 valence electrons. The molecule has 0 saturated heterocycles. The van der Waals surface area contributed by atoms with Crippen molar-refractivity contribution in [2.45, 2.75) is 5.03 Å². The van der Waals surface area contributed by atoms with Gasteiger partial charge in [0.1, 0.15) is 10.8 Å². The lowest BCUT2D eigenvalue weighted by Crippen LogP contribution is -1.99. The molecule has 3 nitrogen and oxygen atoms in total. The summed E-state index contributed by atoms with van der Waals surface area (Å²) >= 11 is 1.60. The molecule has 4 heteroatoms. The highest BCUT2D eigenvalue weighted by Gasteiger charge is 2.32. The molecule has 1 aliphatic rings. The molecule has 0 unspecified atom stereocenters. The molecule has 0 radical (unpaired) electrons. The highest BCUT2D eigenvalue weighted by Crippen LogP contribution is 2.45. The van der Waals surface area contributed by atoms with Gasteiger partial charge in [0, 0.05) is 27.8 Å². The quantitative estimate of drug-likeness (QED) is 0.400. The van der Waals surface area contributed by atoms with Crippen LogP contribution in [0.5, 0.6) is 5.75 Å². The molecule has 1 aliphatic carbocycles. The van der Waals surface area contributed by atoms with Crippen LogP contribution < -0.4 is 4.74 Å². The number of hydrogen-bond donors (Lipinski definition) is 0. The number of pyridine rings is 1. The van der Waals surface area contributed by atoms with E-state index in [9.17, 15) is 4.79 Å². The van der Waals surface area contributed by atoms with E-state index in [0.717, 1.165) is 38.4 Å². The van der Waals surface area contributed by atoms with E-state index in [4.69, 9.17) is 9.72 Å². The molecule has 2 aromatic carbocycles. The summed E-state index contributed by atoms with van der Waals surface area (Å²) in [6.07, 6.45) is 1.85. The maximum absolute atomic E-state index is 13.1. The highest BCUT2D eigenvalue weighted by molar-refractivity contribution is 7.99. The third kappa shape index (κ3) is 2.14. The second-order valence-electron chi connectivity index (χ2n) is 5.52. The van der Waals surface area contributed by atoms with Gasteiger partial charge in [-0.15, -0.1) is 18.3 Å². The van der Waals surface area contributed by atoms with Gasteiger partial charge in [-0.05, 0) is 29.8 Å². The summed E-state index contributed by atoms with van der Waals surface area (Å²) in [6.45, 7) is 3.78. The van der Waals surface area contributed by atoms with Crippen LogP contribution >= 0.6 is 11.8 Å². The fourth-order valence-electron chi connectivity index (χ4n) is 3.11. The average molecular weight is 333 g/mol. The standard InChI is InChI=1S/C20H15NO2S/c1-3-10-24-20-18-13-9-8-12(23-2)11-15(13)19(22)17(18)14-6-4-5-7-16(14)21-20/h3-9,11H,1,10H2,2H3. The SMILES string of the molecule is C=CCSc1nc2ccccc2c2c1-c1ccc(OC)cc1C2=O. The minimum Gasteiger partial charge on any atom is -0.497 e. The average Bonchev–Trinajstić information content (AvgIpc) is 2.92. The lowest BCUT2D eigenvalue weighted by molar-refractivity contribution is 0.104. The van der Waals surface area contributed by atoms with Crippen molar-refractivity contribution in [3.05, 3.63) is 66.2 Å². The van der Waals surface area contributed by atoms with Crippen LogP contribution in [-0.2, 0) is 0 Å². The van der Waals surface area contributed by atoms with E-state index in [1.165, 1.54) is 0 Å². The number of benzene rings is 2. The molecule has 0 N–H and O–H groups in total. The molecule has 1 aromatic heterocycles. The molecular formula is C20H15NO2S. The molecule has 0 amide bonds. The van der Waals surface area contributed by atoms with Crippen LogP contribution in [0.25, 0.3) is 22.0 Å². The van der Waals surface area contributed by atoms with Crippen molar-refractivity contribution in [2.24, 2.45) is 0 Å². The predicted octanol–water partition coefficient (Wildman–Crippen LogP) is 4.73. The van der Waals surface area contributed by atoms with Crippen molar-refractivity contribution < 1.29 is 9.53 Å². The Hall–Kier alpha value is -2.59. The van der Waals surface area contributed by atoms with Crippen molar-refractivity contribution in [1.82, 2.24) is 4.98 Å². The first-order valence-electron chi connectivity index (χ1n) is 7.64. The number of hydrogen-bond acceptors (Lipinski definition) is 4. The molecule has 0 saturated carbocycles. The molecule has 0 aliphatic heterocycles. The second kappa shape index (κ2) is 5.80. The smallest absolute Gasteiger partial charge is 0.195 e. The number of carbonyl (C=O) groups is 1. The van der Waals surface area contributed by atoms with Gasteiger partial charge in [0.15, 0.2) is 5.78 Å². The fraction of sp³-hybridized carbons (Fsp3) is 0.100. The van der Waals surface area contributed by atoms with E-state index >= 15 is 0 Å². The van der Waals surface area contributed by atoms with E-state index in [1.807, 2.05) is 48.5 Å². The number of carbonyl (C=O) groups excluding carboxylic acids is 1. The Bertz CT molecular complexity index is 994. The van der Waals surface area contributed by atoms with Gasteiger partial charge in [-0.25, -0.2) is 4.98 Å². The van der Waals surface area contributed by atoms with Gasteiger partial charge in [0.25, 0.3) is 0 Å². The molecule has 3 aromatic rings. The van der Waals surface area contributed by atoms with Crippen LogP contribution in [0.1, 0.15) is 15.9 Å². The van der Waals surface area contributed by atoms with Gasteiger partial charge in [-0.3, -0.25) is 4.79 Å². The van der Waals surface area contributed by atoms with E-state index in [0.29, 0.717) is 11.3 Å². The van der Waals surface area contributed by atoms with Crippen LogP contribution in [0.3, 0.4) is 0 Å². The summed E-state index contributed by atoms with van der Waals surface area (Å²) < 4.78 is 5.28. The Balaban J connectivity index is 2.05. The molecule has 0 atom stereocenters. The molecule has 0 spiro atoms. The van der Waals surface area contributed by atoms with Crippen LogP contribution in [0.15, 0.2) is 60.1 Å². The van der Waals surface area contributed by atoms with Crippen LogP contribution in [-0.4, -0.2) is 23.6 Å². The monoisotopic (exact) mass is 333 g/mol. The predicted molar refractivity (Wildman–Crippen MR) is 98.1 cm³/mol. The van der Waals surface area contributed by atoms with Crippen molar-refractivity contribution in [2.75, 3.05) is 12.9 Å². The molecule has 0 fully saturated rings. The van der Waals surface area contributed by atoms with Gasteiger partial charge in [-0.1, -0.05) is 24.3 Å². The number of methoxy groups -OCH3 is 1. The van der Waals surface area contributed by atoms with E-state index in [1.54, 1.807) is 18.9 Å². The first-order valence-corrected chi connectivity index (χ1v) is 8.62. The van der Waals surface area contributed by atoms with E-state index < -0.39 is 0 Å². The fourth-order valence-corrected chi connectivity index (χ4v) is 3.90. The van der Waals surface area contributed by atoms with E-state index in [-0.39, 0.29) is 5.78 Å². The van der Waals surface area contributed by atoms with Crippen molar-refractivity contribution >= 4 is 28.4 Å². The first kappa shape index (κ1) is 15.0. The Morgan fingerprint density at radius 1 is 1.17 bits per heavy atom. The van der Waals surface area contributed by atoms with Crippen molar-refractivity contribution in [3.8, 4) is 16.9 Å². The number of aromatic nitrogens is 1. The Kier molecular flexibility index (Phi) is 3.62. The van der Waals surface area contributed by atoms with Crippen LogP contribution in [0.2, 0.25) is 0 Å². The third-order valence-corrected chi connectivity index (χ3v) is 5.14. The Morgan fingerprint density at radius 2 is 2.00 bits per heavy atom. The third-order valence-electron chi connectivity index (χ3n) is 4.16. The second-order valence-corrected chi connectivity index (χ2v) is 6.53. The lowest BCUT2D eigenvalue weighted by Gasteiger charge is -2.10. The van der Waals surface area contributed by atoms with Gasteiger partial charge in [0.05, 0.1) is 12.6 Å². The van der Waals surface area contributed by atoms with Gasteiger partial charge in [0.2, 0.25) is 0 Å². The zero-order chi connectivity index (χ0) is 16.7. The zero-order valence-corrected chi connectivity index (χ0v) is 14.0. The Morgan fingerprint density at radius 3 is 2.79 bits per heavy atom. The van der Waals surface area contributed by atoms with Crippen LogP contribution in [0, 0.1) is 0 Å². The van der Waals surface area contributed by atoms with Crippen LogP contribution in [0.4, 0.5) is 0 Å². The summed E-state index contributed by atoms with van der Waals surface area (Å²) in [5, 5.41) is 1.77. The Labute approximate surface area is 144 Å². The van der Waals surface area contributed by atoms with E-state index in [2.05, 4.69) is 6.58 Å². The zero-order valence-electron chi connectivity index (χ0n) is 13.2. The summed E-state index contributed by atoms with van der Waals surface area (Å²) in [4.78, 5) is 17.9. The molecule has 0 bridgehead atoms. The molecular weight excluding hydrogens is 318 g/mol. The number of ketones is 1. The summed E-state index contributed by atoms with van der Waals surface area (Å²) in [5.41, 5.74) is 4.14. The minimum atomic E-state index is 0.0398. The summed E-state index contributed by atoms with van der Waals surface area (Å²) in [6, 6.07) is 13.4. The van der Waals surface area contributed by atoms with Crippen molar-refractivity contribution in [3.63, 3.8) is 0 Å². The minimum absolute atomic E-state index is 0.0398. The summed E-state index contributed by atoms with van der Waals surface area (Å²) in [7, 11) is 1.61. The molecule has 4 rings (SSSR count). The number of rotatable bonds is 4. The largest absolute Gasteiger partial charge is 0.497 e. The van der Waals surface area contributed by atoms with Gasteiger partial charge < -0.3 is 4.74 Å². The summed E-state index contributed by atoms with van der Waals surface area (Å²) in [5.74, 6) is 1.47. The maximum atomic E-state index is 13.1. The highest BCUT2D eigenvalue weighted by atomic mass is 32.2. The molecule has 24 heavy (non-hydrogen) atoms. The topological polar surface area (TPSA) is 39.2 Å². The number of nitrogens with zero attached hydrogens (tertiary/aromatic N) is 1. The number of para-hydroxylation sites is 1. The number of thioether (sulfide) groups is 1. The maximum Gasteiger partial charge on any atom is 0.195 e. The van der Waals surface area contributed by atoms with Crippen molar-refractivity contribution in [1.29, 1.82) is 0 Å². The van der Waals surface area contributed by atoms with Gasteiger partial charge >= 0.3 is 0 Å². The lowest BCUT2D eigenvalue weighted by atomic mass is 10.0.